The number of ether oxygens (including phenoxy) is 6. The number of carbonyl (C=O) groups is 6. The van der Waals surface area contributed by atoms with Crippen molar-refractivity contribution in [2.24, 2.45) is 0 Å². The molecule has 1 aromatic rings. The van der Waals surface area contributed by atoms with Crippen molar-refractivity contribution in [3.05, 3.63) is 11.9 Å². The summed E-state index contributed by atoms with van der Waals surface area (Å²) in [5.41, 5.74) is -0.615. The first-order valence-electron chi connectivity index (χ1n) is 12.8. The molecule has 1 aliphatic rings. The van der Waals surface area contributed by atoms with E-state index in [1.165, 1.54) is 6.20 Å². The molecule has 1 amide bonds. The van der Waals surface area contributed by atoms with E-state index in [4.69, 9.17) is 40.0 Å². The highest BCUT2D eigenvalue weighted by Crippen LogP contribution is 2.34. The zero-order chi connectivity index (χ0) is 31.8. The van der Waals surface area contributed by atoms with Crippen molar-refractivity contribution >= 4 is 47.4 Å². The van der Waals surface area contributed by atoms with Crippen LogP contribution in [-0.4, -0.2) is 105 Å². The maximum absolute atomic E-state index is 12.5. The van der Waals surface area contributed by atoms with Crippen LogP contribution in [0.15, 0.2) is 6.20 Å². The quantitative estimate of drug-likeness (QED) is 0.188. The molecule has 0 bridgehead atoms. The molecule has 1 aliphatic heterocycles. The number of amides is 1. The summed E-state index contributed by atoms with van der Waals surface area (Å²) in [5, 5.41) is 8.03. The smallest absolute Gasteiger partial charge is 0.326 e. The fourth-order valence-electron chi connectivity index (χ4n) is 3.97. The number of hydrogen-bond acceptors (Lipinski definition) is 14. The lowest BCUT2D eigenvalue weighted by atomic mass is 9.97. The predicted molar refractivity (Wildman–Crippen MR) is 139 cm³/mol. The molecule has 0 saturated carbocycles. The first kappa shape index (κ1) is 34.4. The molecule has 234 valence electrons. The Bertz CT molecular complexity index is 1170. The standard InChI is InChI=1S/C25H35ClN4O12/c1-13(31)37-12-18-21(38-14(2)32)22(39-15(3)33)23(40-16(4)34)24(41-18)30-10-17(27-28-30)9-29(19(35)8-26)11-20(36)42-25(5,6)7/h10,18,21-24H,8-9,11-12H2,1-7H3/t18-,21-,22+,23-,24-/m1/s1. The van der Waals surface area contributed by atoms with Crippen molar-refractivity contribution in [3.8, 4) is 0 Å². The fraction of sp³-hybridized carbons (Fsp3) is 0.680. The average Bonchev–Trinajstić information content (AvgIpc) is 3.30. The van der Waals surface area contributed by atoms with E-state index in [-0.39, 0.29) is 12.2 Å². The molecule has 17 heteroatoms. The number of rotatable bonds is 11. The van der Waals surface area contributed by atoms with Gasteiger partial charge < -0.3 is 33.3 Å². The van der Waals surface area contributed by atoms with Gasteiger partial charge >= 0.3 is 29.8 Å². The number of esters is 5. The van der Waals surface area contributed by atoms with Crippen LogP contribution in [0.5, 0.6) is 0 Å². The Morgan fingerprint density at radius 3 is 2.02 bits per heavy atom. The van der Waals surface area contributed by atoms with Gasteiger partial charge in [0.05, 0.1) is 12.7 Å². The van der Waals surface area contributed by atoms with Crippen LogP contribution in [-0.2, 0) is 63.7 Å². The second kappa shape index (κ2) is 14.9. The van der Waals surface area contributed by atoms with Gasteiger partial charge in [-0.25, -0.2) is 4.68 Å². The van der Waals surface area contributed by atoms with Gasteiger partial charge in [-0.2, -0.15) is 0 Å². The van der Waals surface area contributed by atoms with Gasteiger partial charge in [0.15, 0.2) is 24.5 Å². The van der Waals surface area contributed by atoms with Crippen molar-refractivity contribution in [1.29, 1.82) is 0 Å². The second-order valence-electron chi connectivity index (χ2n) is 10.2. The largest absolute Gasteiger partial charge is 0.463 e. The minimum absolute atomic E-state index is 0.171. The summed E-state index contributed by atoms with van der Waals surface area (Å²) in [6, 6.07) is 0. The molecule has 42 heavy (non-hydrogen) atoms. The number of hydrogen-bond donors (Lipinski definition) is 0. The van der Waals surface area contributed by atoms with Crippen molar-refractivity contribution in [2.45, 2.75) is 91.3 Å². The van der Waals surface area contributed by atoms with E-state index in [1.807, 2.05) is 0 Å². The van der Waals surface area contributed by atoms with E-state index in [1.54, 1.807) is 20.8 Å². The van der Waals surface area contributed by atoms with Crippen LogP contribution in [0.25, 0.3) is 0 Å². The topological polar surface area (TPSA) is 192 Å². The summed E-state index contributed by atoms with van der Waals surface area (Å²) in [6.45, 7) is 8.44. The van der Waals surface area contributed by atoms with Gasteiger partial charge in [-0.15, -0.1) is 16.7 Å². The normalized spacial score (nSPS) is 22.0. The SMILES string of the molecule is CC(=O)OC[C@H]1O[C@@H](n2cc(CN(CC(=O)OC(C)(C)C)C(=O)CCl)nn2)[C@H](OC(C)=O)[C@@H](OC(C)=O)[C@@H]1OC(C)=O. The lowest BCUT2D eigenvalue weighted by Crippen LogP contribution is -2.60. The Kier molecular flexibility index (Phi) is 12.2. The molecule has 2 heterocycles. The molecule has 1 saturated heterocycles. The summed E-state index contributed by atoms with van der Waals surface area (Å²) in [5.74, 6) is -4.69. The van der Waals surface area contributed by atoms with Crippen LogP contribution >= 0.6 is 11.6 Å². The van der Waals surface area contributed by atoms with Crippen molar-refractivity contribution in [2.75, 3.05) is 19.0 Å². The molecule has 0 N–H and O–H groups in total. The minimum Gasteiger partial charge on any atom is -0.463 e. The summed E-state index contributed by atoms with van der Waals surface area (Å²) in [7, 11) is 0. The van der Waals surface area contributed by atoms with Crippen LogP contribution in [0.4, 0.5) is 0 Å². The Morgan fingerprint density at radius 2 is 1.50 bits per heavy atom. The highest BCUT2D eigenvalue weighted by Gasteiger charge is 2.53. The van der Waals surface area contributed by atoms with E-state index in [9.17, 15) is 28.8 Å². The minimum atomic E-state index is -1.42. The number of nitrogens with zero attached hydrogens (tertiary/aromatic N) is 4. The van der Waals surface area contributed by atoms with Crippen molar-refractivity contribution in [1.82, 2.24) is 19.9 Å². The Morgan fingerprint density at radius 1 is 0.929 bits per heavy atom. The number of alkyl halides is 1. The van der Waals surface area contributed by atoms with E-state index in [0.717, 1.165) is 37.3 Å². The first-order valence-corrected chi connectivity index (χ1v) is 13.3. The van der Waals surface area contributed by atoms with E-state index < -0.39 is 91.0 Å². The fourth-order valence-corrected chi connectivity index (χ4v) is 4.14. The molecule has 0 radical (unpaired) electrons. The third-order valence-electron chi connectivity index (χ3n) is 5.34. The maximum atomic E-state index is 12.5. The van der Waals surface area contributed by atoms with Crippen LogP contribution < -0.4 is 0 Å². The molecular weight excluding hydrogens is 584 g/mol. The molecule has 0 unspecified atom stereocenters. The van der Waals surface area contributed by atoms with Crippen LogP contribution in [0.3, 0.4) is 0 Å². The van der Waals surface area contributed by atoms with Gasteiger partial charge in [0.2, 0.25) is 5.91 Å². The molecule has 5 atom stereocenters. The summed E-state index contributed by atoms with van der Waals surface area (Å²) in [6.07, 6.45) is -5.38. The molecule has 16 nitrogen and oxygen atoms in total. The molecule has 0 aromatic carbocycles. The Hall–Kier alpha value is -3.79. The third-order valence-corrected chi connectivity index (χ3v) is 5.57. The zero-order valence-electron chi connectivity index (χ0n) is 24.4. The van der Waals surface area contributed by atoms with Crippen molar-refractivity contribution < 1.29 is 57.2 Å². The lowest BCUT2D eigenvalue weighted by molar-refractivity contribution is -0.270. The third kappa shape index (κ3) is 10.6. The first-order chi connectivity index (χ1) is 19.5. The molecule has 1 fully saturated rings. The van der Waals surface area contributed by atoms with E-state index in [2.05, 4.69) is 10.3 Å². The van der Waals surface area contributed by atoms with Crippen LogP contribution in [0, 0.1) is 0 Å². The van der Waals surface area contributed by atoms with Crippen molar-refractivity contribution in [3.63, 3.8) is 0 Å². The number of aromatic nitrogens is 3. The zero-order valence-corrected chi connectivity index (χ0v) is 25.1. The molecule has 1 aromatic heterocycles. The average molecular weight is 619 g/mol. The van der Waals surface area contributed by atoms with Gasteiger partial charge in [-0.05, 0) is 20.8 Å². The molecule has 0 spiro atoms. The number of halogens is 1. The monoisotopic (exact) mass is 618 g/mol. The van der Waals surface area contributed by atoms with E-state index >= 15 is 0 Å². The summed E-state index contributed by atoms with van der Waals surface area (Å²) >= 11 is 5.73. The molecule has 0 aliphatic carbocycles. The lowest BCUT2D eigenvalue weighted by Gasteiger charge is -2.44. The highest BCUT2D eigenvalue weighted by atomic mass is 35.5. The highest BCUT2D eigenvalue weighted by molar-refractivity contribution is 6.27. The Balaban J connectivity index is 2.46. The van der Waals surface area contributed by atoms with Gasteiger partial charge in [-0.1, -0.05) is 5.21 Å². The maximum Gasteiger partial charge on any atom is 0.326 e. The Labute approximate surface area is 246 Å². The van der Waals surface area contributed by atoms with Gasteiger partial charge in [0, 0.05) is 27.7 Å². The second-order valence-corrected chi connectivity index (χ2v) is 10.5. The molecular formula is C25H35ClN4O12. The summed E-state index contributed by atoms with van der Waals surface area (Å²) < 4.78 is 33.7. The number of carbonyl (C=O) groups excluding carboxylic acids is 6. The predicted octanol–water partition coefficient (Wildman–Crippen LogP) is 0.443. The van der Waals surface area contributed by atoms with Gasteiger partial charge in [-0.3, -0.25) is 28.8 Å². The van der Waals surface area contributed by atoms with Crippen LogP contribution in [0.1, 0.15) is 60.4 Å². The summed E-state index contributed by atoms with van der Waals surface area (Å²) in [4.78, 5) is 73.5. The van der Waals surface area contributed by atoms with Gasteiger partial charge in [0.1, 0.15) is 36.4 Å². The molecule has 2 rings (SSSR count). The van der Waals surface area contributed by atoms with Crippen LogP contribution in [0.2, 0.25) is 0 Å². The van der Waals surface area contributed by atoms with Gasteiger partial charge in [0.25, 0.3) is 0 Å². The van der Waals surface area contributed by atoms with E-state index in [0.29, 0.717) is 0 Å².